The van der Waals surface area contributed by atoms with Crippen LogP contribution in [0.1, 0.15) is 28.4 Å². The molecule has 37 heavy (non-hydrogen) atoms. The van der Waals surface area contributed by atoms with Crippen LogP contribution in [-0.4, -0.2) is 23.3 Å². The van der Waals surface area contributed by atoms with Crippen molar-refractivity contribution in [3.8, 4) is 17.2 Å². The second kappa shape index (κ2) is 11.3. The zero-order valence-corrected chi connectivity index (χ0v) is 20.5. The highest BCUT2D eigenvalue weighted by Gasteiger charge is 2.09. The van der Waals surface area contributed by atoms with E-state index in [1.54, 1.807) is 18.3 Å². The predicted molar refractivity (Wildman–Crippen MR) is 147 cm³/mol. The third-order valence-corrected chi connectivity index (χ3v) is 5.94. The molecular formula is C31H27N3O3. The van der Waals surface area contributed by atoms with E-state index in [-0.39, 0.29) is 5.91 Å². The Kier molecular flexibility index (Phi) is 7.27. The van der Waals surface area contributed by atoms with Crippen molar-refractivity contribution in [1.82, 2.24) is 9.99 Å². The smallest absolute Gasteiger partial charge is 0.271 e. The van der Waals surface area contributed by atoms with Crippen LogP contribution in [-0.2, 0) is 6.61 Å². The molecule has 0 aliphatic carbocycles. The van der Waals surface area contributed by atoms with Gasteiger partial charge in [0, 0.05) is 23.6 Å². The molecule has 5 aromatic rings. The first-order valence-electron chi connectivity index (χ1n) is 12.1. The lowest BCUT2D eigenvalue weighted by atomic mass is 10.1. The minimum Gasteiger partial charge on any atom is -0.490 e. The van der Waals surface area contributed by atoms with E-state index in [4.69, 9.17) is 9.47 Å². The van der Waals surface area contributed by atoms with E-state index in [9.17, 15) is 4.79 Å². The average Bonchev–Trinajstić information content (AvgIpc) is 3.48. The maximum absolute atomic E-state index is 12.5. The predicted octanol–water partition coefficient (Wildman–Crippen LogP) is 6.37. The Morgan fingerprint density at radius 1 is 0.865 bits per heavy atom. The van der Waals surface area contributed by atoms with Gasteiger partial charge in [-0.25, -0.2) is 5.43 Å². The number of rotatable bonds is 9. The average molecular weight is 490 g/mol. The Morgan fingerprint density at radius 2 is 1.65 bits per heavy atom. The molecule has 0 atom stereocenters. The molecule has 1 N–H and O–H groups in total. The van der Waals surface area contributed by atoms with Crippen LogP contribution in [0.4, 0.5) is 0 Å². The topological polar surface area (TPSA) is 64.8 Å². The van der Waals surface area contributed by atoms with Gasteiger partial charge >= 0.3 is 0 Å². The van der Waals surface area contributed by atoms with Crippen LogP contribution >= 0.6 is 0 Å². The molecule has 4 aromatic carbocycles. The number of nitrogens with one attached hydrogen (secondary N) is 1. The summed E-state index contributed by atoms with van der Waals surface area (Å²) in [6, 6.07) is 31.3. The third kappa shape index (κ3) is 5.70. The van der Waals surface area contributed by atoms with Gasteiger partial charge in [-0.15, -0.1) is 0 Å². The van der Waals surface area contributed by atoms with Gasteiger partial charge in [-0.1, -0.05) is 42.5 Å². The molecule has 1 heterocycles. The number of nitrogens with zero attached hydrogens (tertiary/aromatic N) is 2. The van der Waals surface area contributed by atoms with E-state index in [1.807, 2.05) is 84.5 Å². The van der Waals surface area contributed by atoms with Crippen LogP contribution in [0.15, 0.2) is 115 Å². The molecule has 184 valence electrons. The maximum Gasteiger partial charge on any atom is 0.271 e. The minimum absolute atomic E-state index is 0.282. The number of hydrogen-bond donors (Lipinski definition) is 1. The quantitative estimate of drug-likeness (QED) is 0.193. The first-order valence-corrected chi connectivity index (χ1v) is 12.1. The number of hydrogen-bond acceptors (Lipinski definition) is 4. The SMILES string of the molecule is CCOc1cc(/C=N/NC(=O)c2ccc(-n3cccc3)cc2)ccc1OCc1cccc2ccccc12. The largest absolute Gasteiger partial charge is 0.490 e. The molecule has 0 aliphatic heterocycles. The lowest BCUT2D eigenvalue weighted by molar-refractivity contribution is 0.0955. The van der Waals surface area contributed by atoms with Gasteiger partial charge in [0.2, 0.25) is 0 Å². The number of carbonyl (C=O) groups is 1. The molecule has 1 aromatic heterocycles. The highest BCUT2D eigenvalue weighted by atomic mass is 16.5. The number of carbonyl (C=O) groups excluding carboxylic acids is 1. The van der Waals surface area contributed by atoms with Gasteiger partial charge in [-0.05, 0) is 83.4 Å². The van der Waals surface area contributed by atoms with Crippen LogP contribution in [0.5, 0.6) is 11.5 Å². The number of aromatic nitrogens is 1. The zero-order valence-electron chi connectivity index (χ0n) is 20.5. The number of amides is 1. The van der Waals surface area contributed by atoms with Crippen LogP contribution in [0, 0.1) is 0 Å². The molecule has 5 rings (SSSR count). The van der Waals surface area contributed by atoms with Gasteiger partial charge in [-0.2, -0.15) is 5.10 Å². The summed E-state index contributed by atoms with van der Waals surface area (Å²) >= 11 is 0. The summed E-state index contributed by atoms with van der Waals surface area (Å²) in [6.07, 6.45) is 5.49. The van der Waals surface area contributed by atoms with Gasteiger partial charge < -0.3 is 14.0 Å². The fraction of sp³-hybridized carbons (Fsp3) is 0.0968. The number of ether oxygens (including phenoxy) is 2. The molecule has 6 heteroatoms. The summed E-state index contributed by atoms with van der Waals surface area (Å²) in [6.45, 7) is 2.85. The summed E-state index contributed by atoms with van der Waals surface area (Å²) in [5, 5.41) is 6.47. The second-order valence-electron chi connectivity index (χ2n) is 8.40. The Labute approximate surface area is 215 Å². The molecule has 0 saturated heterocycles. The van der Waals surface area contributed by atoms with Crippen molar-refractivity contribution >= 4 is 22.9 Å². The van der Waals surface area contributed by atoms with Crippen molar-refractivity contribution in [2.75, 3.05) is 6.61 Å². The van der Waals surface area contributed by atoms with E-state index in [0.29, 0.717) is 30.3 Å². The van der Waals surface area contributed by atoms with E-state index in [0.717, 1.165) is 16.8 Å². The molecule has 6 nitrogen and oxygen atoms in total. The monoisotopic (exact) mass is 489 g/mol. The maximum atomic E-state index is 12.5. The normalized spacial score (nSPS) is 11.1. The van der Waals surface area contributed by atoms with Crippen molar-refractivity contribution in [3.63, 3.8) is 0 Å². The molecule has 0 bridgehead atoms. The Hall–Kier alpha value is -4.84. The second-order valence-corrected chi connectivity index (χ2v) is 8.40. The minimum atomic E-state index is -0.282. The van der Waals surface area contributed by atoms with E-state index < -0.39 is 0 Å². The number of benzene rings is 4. The van der Waals surface area contributed by atoms with Crippen LogP contribution in [0.25, 0.3) is 16.5 Å². The number of hydrazone groups is 1. The highest BCUT2D eigenvalue weighted by molar-refractivity contribution is 5.95. The van der Waals surface area contributed by atoms with Crippen LogP contribution < -0.4 is 14.9 Å². The molecule has 0 radical (unpaired) electrons. The molecule has 0 fully saturated rings. The third-order valence-electron chi connectivity index (χ3n) is 5.94. The summed E-state index contributed by atoms with van der Waals surface area (Å²) in [4.78, 5) is 12.5. The molecule has 0 saturated carbocycles. The molecular weight excluding hydrogens is 462 g/mol. The first-order chi connectivity index (χ1) is 18.2. The van der Waals surface area contributed by atoms with Crippen LogP contribution in [0.3, 0.4) is 0 Å². The van der Waals surface area contributed by atoms with Crippen molar-refractivity contribution in [1.29, 1.82) is 0 Å². The van der Waals surface area contributed by atoms with Crippen molar-refractivity contribution < 1.29 is 14.3 Å². The summed E-state index contributed by atoms with van der Waals surface area (Å²) < 4.78 is 13.9. The Bertz CT molecular complexity index is 1520. The van der Waals surface area contributed by atoms with Gasteiger partial charge in [0.25, 0.3) is 5.91 Å². The molecule has 0 aliphatic rings. The number of fused-ring (bicyclic) bond motifs is 1. The van der Waals surface area contributed by atoms with Gasteiger partial charge in [0.05, 0.1) is 12.8 Å². The van der Waals surface area contributed by atoms with E-state index in [2.05, 4.69) is 34.8 Å². The van der Waals surface area contributed by atoms with Gasteiger partial charge in [0.15, 0.2) is 11.5 Å². The fourth-order valence-corrected chi connectivity index (χ4v) is 4.09. The molecule has 0 spiro atoms. The summed E-state index contributed by atoms with van der Waals surface area (Å²) in [5.41, 5.74) is 5.98. The lowest BCUT2D eigenvalue weighted by Gasteiger charge is -2.13. The Balaban J connectivity index is 1.24. The van der Waals surface area contributed by atoms with E-state index >= 15 is 0 Å². The summed E-state index contributed by atoms with van der Waals surface area (Å²) in [7, 11) is 0. The molecule has 1 amide bonds. The van der Waals surface area contributed by atoms with Crippen LogP contribution in [0.2, 0.25) is 0 Å². The summed E-state index contributed by atoms with van der Waals surface area (Å²) in [5.74, 6) is 0.993. The van der Waals surface area contributed by atoms with Gasteiger partial charge in [-0.3, -0.25) is 4.79 Å². The highest BCUT2D eigenvalue weighted by Crippen LogP contribution is 2.30. The van der Waals surface area contributed by atoms with Crippen molar-refractivity contribution in [2.45, 2.75) is 13.5 Å². The van der Waals surface area contributed by atoms with Crippen molar-refractivity contribution in [3.05, 3.63) is 126 Å². The van der Waals surface area contributed by atoms with Gasteiger partial charge in [0.1, 0.15) is 6.61 Å². The standard InChI is InChI=1S/C31H27N3O3/c1-2-36-30-20-23(12-17-29(30)37-22-26-10-7-9-24-8-3-4-11-28(24)26)21-32-33-31(35)25-13-15-27(16-14-25)34-18-5-6-19-34/h3-21H,2,22H2,1H3,(H,33,35)/b32-21+. The molecule has 0 unspecified atom stereocenters. The fourth-order valence-electron chi connectivity index (χ4n) is 4.09. The Morgan fingerprint density at radius 3 is 2.46 bits per heavy atom. The van der Waals surface area contributed by atoms with E-state index in [1.165, 1.54) is 10.8 Å². The first kappa shape index (κ1) is 23.9. The lowest BCUT2D eigenvalue weighted by Crippen LogP contribution is -2.17. The zero-order chi connectivity index (χ0) is 25.5. The van der Waals surface area contributed by atoms with Crippen molar-refractivity contribution in [2.24, 2.45) is 5.10 Å².